The Kier molecular flexibility index (Phi) is 11.2. The van der Waals surface area contributed by atoms with E-state index in [0.29, 0.717) is 44.1 Å². The molecular weight excluding hydrogens is 512 g/mol. The van der Waals surface area contributed by atoms with Gasteiger partial charge in [-0.1, -0.05) is 79.1 Å². The first-order valence-corrected chi connectivity index (χ1v) is 15.0. The Balaban J connectivity index is 1.60. The number of carbonyl (C=O) groups is 2. The average molecular weight is 557 g/mol. The van der Waals surface area contributed by atoms with Crippen molar-refractivity contribution in [3.05, 3.63) is 95.1 Å². The lowest BCUT2D eigenvalue weighted by molar-refractivity contribution is -0.141. The maximum absolute atomic E-state index is 14.0. The molecule has 0 heterocycles. The molecule has 1 aliphatic carbocycles. The fraction of sp³-hybridized carbons (Fsp3) is 0.429. The highest BCUT2D eigenvalue weighted by atomic mass is 16.5. The van der Waals surface area contributed by atoms with E-state index < -0.39 is 6.04 Å². The molecule has 0 aliphatic heterocycles. The van der Waals surface area contributed by atoms with Crippen molar-refractivity contribution in [3.63, 3.8) is 0 Å². The van der Waals surface area contributed by atoms with Crippen LogP contribution < -0.4 is 14.8 Å². The largest absolute Gasteiger partial charge is 0.490 e. The monoisotopic (exact) mass is 556 g/mol. The zero-order valence-electron chi connectivity index (χ0n) is 24.7. The number of hydrogen-bond donors (Lipinski definition) is 1. The molecule has 1 N–H and O–H groups in total. The van der Waals surface area contributed by atoms with Crippen LogP contribution in [-0.4, -0.2) is 42.0 Å². The van der Waals surface area contributed by atoms with Crippen molar-refractivity contribution in [2.45, 2.75) is 84.3 Å². The highest BCUT2D eigenvalue weighted by molar-refractivity contribution is 5.88. The van der Waals surface area contributed by atoms with Crippen molar-refractivity contribution in [2.24, 2.45) is 0 Å². The second-order valence-electron chi connectivity index (χ2n) is 10.9. The van der Waals surface area contributed by atoms with Crippen LogP contribution in [0.3, 0.4) is 0 Å². The van der Waals surface area contributed by atoms with Gasteiger partial charge < -0.3 is 19.7 Å². The summed E-state index contributed by atoms with van der Waals surface area (Å²) in [7, 11) is 0. The van der Waals surface area contributed by atoms with Gasteiger partial charge >= 0.3 is 0 Å². The number of benzene rings is 3. The van der Waals surface area contributed by atoms with Crippen LogP contribution in [0, 0.1) is 6.92 Å². The van der Waals surface area contributed by atoms with Gasteiger partial charge in [-0.25, -0.2) is 0 Å². The summed E-state index contributed by atoms with van der Waals surface area (Å²) >= 11 is 0. The number of aryl methyl sites for hydroxylation is 2. The second kappa shape index (κ2) is 15.3. The van der Waals surface area contributed by atoms with Crippen molar-refractivity contribution < 1.29 is 19.1 Å². The van der Waals surface area contributed by atoms with Crippen molar-refractivity contribution >= 4 is 11.8 Å². The second-order valence-corrected chi connectivity index (χ2v) is 10.9. The third kappa shape index (κ3) is 8.84. The van der Waals surface area contributed by atoms with Gasteiger partial charge in [-0.2, -0.15) is 0 Å². The average Bonchev–Trinajstić information content (AvgIpc) is 3.48. The van der Waals surface area contributed by atoms with E-state index in [1.54, 1.807) is 4.90 Å². The summed E-state index contributed by atoms with van der Waals surface area (Å²) < 4.78 is 11.5. The van der Waals surface area contributed by atoms with Crippen LogP contribution in [0.2, 0.25) is 0 Å². The van der Waals surface area contributed by atoms with E-state index in [1.165, 1.54) is 0 Å². The topological polar surface area (TPSA) is 67.9 Å². The maximum Gasteiger partial charge on any atom is 0.243 e. The molecule has 1 atom stereocenters. The van der Waals surface area contributed by atoms with Crippen LogP contribution in [0.15, 0.2) is 72.8 Å². The van der Waals surface area contributed by atoms with Gasteiger partial charge in [0.2, 0.25) is 11.8 Å². The SMILES string of the molecule is CCOc1ccc(CCC(=O)N(Cc2cccc(C)c2)[C@@H](Cc2ccccc2)C(=O)NC2CCCC2)cc1OCC. The molecule has 0 bridgehead atoms. The summed E-state index contributed by atoms with van der Waals surface area (Å²) in [6.45, 7) is 7.40. The number of nitrogens with zero attached hydrogens (tertiary/aromatic N) is 1. The minimum absolute atomic E-state index is 0.0409. The highest BCUT2D eigenvalue weighted by Gasteiger charge is 2.32. The molecule has 2 amide bonds. The Morgan fingerprint density at radius 1 is 0.854 bits per heavy atom. The predicted molar refractivity (Wildman–Crippen MR) is 163 cm³/mol. The minimum atomic E-state index is -0.606. The van der Waals surface area contributed by atoms with Gasteiger partial charge in [0.15, 0.2) is 11.5 Å². The number of amides is 2. The standard InChI is InChI=1S/C35H44N2O4/c1-4-40-32-20-18-28(24-33(32)41-5-2)19-21-34(38)37(25-29-15-11-12-26(3)22-29)31(23-27-13-7-6-8-14-27)35(39)36-30-16-9-10-17-30/h6-8,11-15,18,20,22,24,30-31H,4-5,9-10,16-17,19,21,23,25H2,1-3H3,(H,36,39)/t31-/m0/s1. The van der Waals surface area contributed by atoms with E-state index in [0.717, 1.165) is 47.9 Å². The van der Waals surface area contributed by atoms with E-state index in [1.807, 2.05) is 87.5 Å². The summed E-state index contributed by atoms with van der Waals surface area (Å²) in [5.74, 6) is 1.29. The van der Waals surface area contributed by atoms with Crippen LogP contribution >= 0.6 is 0 Å². The van der Waals surface area contributed by atoms with Crippen molar-refractivity contribution in [3.8, 4) is 11.5 Å². The predicted octanol–water partition coefficient (Wildman–Crippen LogP) is 6.42. The normalized spacial score (nSPS) is 13.9. The molecule has 0 aromatic heterocycles. The molecule has 41 heavy (non-hydrogen) atoms. The molecule has 0 radical (unpaired) electrons. The van der Waals surface area contributed by atoms with E-state index in [4.69, 9.17) is 9.47 Å². The molecule has 4 rings (SSSR count). The first kappa shape index (κ1) is 30.2. The van der Waals surface area contributed by atoms with Gasteiger partial charge in [-0.05, 0) is 68.9 Å². The summed E-state index contributed by atoms with van der Waals surface area (Å²) in [6, 6.07) is 23.6. The van der Waals surface area contributed by atoms with Crippen LogP contribution in [0.4, 0.5) is 0 Å². The third-order valence-corrected chi connectivity index (χ3v) is 7.64. The molecule has 0 spiro atoms. The summed E-state index contributed by atoms with van der Waals surface area (Å²) in [4.78, 5) is 29.7. The first-order chi connectivity index (χ1) is 20.0. The lowest BCUT2D eigenvalue weighted by atomic mass is 10.0. The Morgan fingerprint density at radius 3 is 2.27 bits per heavy atom. The Morgan fingerprint density at radius 2 is 1.56 bits per heavy atom. The molecule has 218 valence electrons. The van der Waals surface area contributed by atoms with E-state index >= 15 is 0 Å². The molecule has 3 aromatic carbocycles. The Hall–Kier alpha value is -3.80. The van der Waals surface area contributed by atoms with Crippen LogP contribution in [0.5, 0.6) is 11.5 Å². The molecule has 0 unspecified atom stereocenters. The Bertz CT molecular complexity index is 1270. The number of carbonyl (C=O) groups excluding carboxylic acids is 2. The van der Waals surface area contributed by atoms with Gasteiger partial charge in [0.1, 0.15) is 6.04 Å². The van der Waals surface area contributed by atoms with E-state index in [-0.39, 0.29) is 24.3 Å². The molecule has 3 aromatic rings. The van der Waals surface area contributed by atoms with Crippen molar-refractivity contribution in [1.82, 2.24) is 10.2 Å². The van der Waals surface area contributed by atoms with E-state index in [9.17, 15) is 9.59 Å². The smallest absolute Gasteiger partial charge is 0.243 e. The molecule has 1 saturated carbocycles. The first-order valence-electron chi connectivity index (χ1n) is 15.0. The summed E-state index contributed by atoms with van der Waals surface area (Å²) in [5.41, 5.74) is 4.18. The molecule has 1 fully saturated rings. The Labute approximate surface area is 245 Å². The molecule has 6 heteroatoms. The van der Waals surface area contributed by atoms with Gasteiger partial charge in [0.25, 0.3) is 0 Å². The summed E-state index contributed by atoms with van der Waals surface area (Å²) in [5, 5.41) is 3.28. The van der Waals surface area contributed by atoms with Crippen LogP contribution in [-0.2, 0) is 29.0 Å². The fourth-order valence-corrected chi connectivity index (χ4v) is 5.57. The zero-order chi connectivity index (χ0) is 29.0. The lowest BCUT2D eigenvalue weighted by Crippen LogP contribution is -2.52. The number of nitrogens with one attached hydrogen (secondary N) is 1. The van der Waals surface area contributed by atoms with Gasteiger partial charge in [0, 0.05) is 25.4 Å². The van der Waals surface area contributed by atoms with Gasteiger partial charge in [-0.3, -0.25) is 9.59 Å². The third-order valence-electron chi connectivity index (χ3n) is 7.64. The van der Waals surface area contributed by atoms with Gasteiger partial charge in [-0.15, -0.1) is 0 Å². The number of rotatable bonds is 14. The molecule has 1 aliphatic rings. The van der Waals surface area contributed by atoms with Crippen molar-refractivity contribution in [2.75, 3.05) is 13.2 Å². The number of hydrogen-bond acceptors (Lipinski definition) is 4. The minimum Gasteiger partial charge on any atom is -0.490 e. The zero-order valence-corrected chi connectivity index (χ0v) is 24.7. The molecular formula is C35H44N2O4. The fourth-order valence-electron chi connectivity index (χ4n) is 5.57. The summed E-state index contributed by atoms with van der Waals surface area (Å²) in [6.07, 6.45) is 5.54. The molecule has 0 saturated heterocycles. The van der Waals surface area contributed by atoms with Crippen LogP contribution in [0.1, 0.15) is 68.2 Å². The van der Waals surface area contributed by atoms with Crippen molar-refractivity contribution in [1.29, 1.82) is 0 Å². The molecule has 6 nitrogen and oxygen atoms in total. The van der Waals surface area contributed by atoms with Crippen LogP contribution in [0.25, 0.3) is 0 Å². The highest BCUT2D eigenvalue weighted by Crippen LogP contribution is 2.29. The van der Waals surface area contributed by atoms with E-state index in [2.05, 4.69) is 11.4 Å². The maximum atomic E-state index is 14.0. The lowest BCUT2D eigenvalue weighted by Gasteiger charge is -2.32. The quantitative estimate of drug-likeness (QED) is 0.249. The van der Waals surface area contributed by atoms with Gasteiger partial charge in [0.05, 0.1) is 13.2 Å². The number of ether oxygens (including phenoxy) is 2.